The SMILES string of the molecule is CCNc1cc(Oc2ccc(C)cc2C)nc(COC)n1. The number of anilines is 1. The van der Waals surface area contributed by atoms with Gasteiger partial charge in [-0.25, -0.2) is 4.98 Å². The van der Waals surface area contributed by atoms with Gasteiger partial charge in [-0.2, -0.15) is 4.98 Å². The number of ether oxygens (including phenoxy) is 2. The number of aromatic nitrogens is 2. The van der Waals surface area contributed by atoms with Gasteiger partial charge in [-0.1, -0.05) is 17.7 Å². The lowest BCUT2D eigenvalue weighted by Gasteiger charge is -2.11. The molecule has 5 heteroatoms. The number of benzene rings is 1. The molecule has 0 fully saturated rings. The average molecular weight is 287 g/mol. The Hall–Kier alpha value is -2.14. The van der Waals surface area contributed by atoms with Gasteiger partial charge in [0, 0.05) is 19.7 Å². The molecule has 0 aliphatic carbocycles. The molecular formula is C16H21N3O2. The van der Waals surface area contributed by atoms with Crippen LogP contribution in [0, 0.1) is 13.8 Å². The first-order valence-electron chi connectivity index (χ1n) is 6.98. The van der Waals surface area contributed by atoms with E-state index < -0.39 is 0 Å². The predicted molar refractivity (Wildman–Crippen MR) is 82.9 cm³/mol. The van der Waals surface area contributed by atoms with Crippen molar-refractivity contribution in [1.29, 1.82) is 0 Å². The number of methoxy groups -OCH3 is 1. The highest BCUT2D eigenvalue weighted by Crippen LogP contribution is 2.25. The van der Waals surface area contributed by atoms with E-state index in [-0.39, 0.29) is 0 Å². The molecule has 0 radical (unpaired) electrons. The fourth-order valence-corrected chi connectivity index (χ4v) is 2.02. The summed E-state index contributed by atoms with van der Waals surface area (Å²) in [7, 11) is 1.62. The predicted octanol–water partition coefficient (Wildman–Crippen LogP) is 3.46. The van der Waals surface area contributed by atoms with E-state index in [1.807, 2.05) is 26.0 Å². The summed E-state index contributed by atoms with van der Waals surface area (Å²) in [5, 5.41) is 3.17. The second kappa shape index (κ2) is 7.04. The minimum atomic E-state index is 0.350. The van der Waals surface area contributed by atoms with Crippen molar-refractivity contribution in [3.05, 3.63) is 41.2 Å². The van der Waals surface area contributed by atoms with Crippen molar-refractivity contribution < 1.29 is 9.47 Å². The monoisotopic (exact) mass is 287 g/mol. The van der Waals surface area contributed by atoms with Gasteiger partial charge in [-0.3, -0.25) is 0 Å². The van der Waals surface area contributed by atoms with E-state index >= 15 is 0 Å². The molecule has 0 amide bonds. The van der Waals surface area contributed by atoms with Crippen molar-refractivity contribution in [2.45, 2.75) is 27.4 Å². The Morgan fingerprint density at radius 2 is 1.95 bits per heavy atom. The van der Waals surface area contributed by atoms with Crippen LogP contribution in [0.1, 0.15) is 23.9 Å². The summed E-state index contributed by atoms with van der Waals surface area (Å²) in [5.41, 5.74) is 2.28. The Morgan fingerprint density at radius 3 is 2.62 bits per heavy atom. The largest absolute Gasteiger partial charge is 0.439 e. The second-order valence-electron chi connectivity index (χ2n) is 4.84. The molecule has 0 saturated heterocycles. The summed E-state index contributed by atoms with van der Waals surface area (Å²) < 4.78 is 11.0. The molecule has 0 saturated carbocycles. The van der Waals surface area contributed by atoms with E-state index in [1.165, 1.54) is 5.56 Å². The first-order chi connectivity index (χ1) is 10.1. The maximum atomic E-state index is 5.89. The first-order valence-corrected chi connectivity index (χ1v) is 6.98. The van der Waals surface area contributed by atoms with Crippen LogP contribution in [0.2, 0.25) is 0 Å². The molecule has 0 atom stereocenters. The maximum Gasteiger partial charge on any atom is 0.224 e. The van der Waals surface area contributed by atoms with Crippen molar-refractivity contribution >= 4 is 5.82 Å². The van der Waals surface area contributed by atoms with Crippen molar-refractivity contribution in [1.82, 2.24) is 9.97 Å². The third-order valence-corrected chi connectivity index (χ3v) is 2.93. The van der Waals surface area contributed by atoms with Crippen LogP contribution in [0.4, 0.5) is 5.82 Å². The lowest BCUT2D eigenvalue weighted by molar-refractivity contribution is 0.177. The van der Waals surface area contributed by atoms with Gasteiger partial charge in [0.15, 0.2) is 5.82 Å². The number of nitrogens with zero attached hydrogens (tertiary/aromatic N) is 2. The van der Waals surface area contributed by atoms with Crippen LogP contribution in [0.25, 0.3) is 0 Å². The number of hydrogen-bond acceptors (Lipinski definition) is 5. The van der Waals surface area contributed by atoms with Crippen molar-refractivity contribution in [2.75, 3.05) is 19.0 Å². The van der Waals surface area contributed by atoms with Crippen molar-refractivity contribution in [3.8, 4) is 11.6 Å². The summed E-state index contributed by atoms with van der Waals surface area (Å²) in [6, 6.07) is 7.85. The molecule has 2 rings (SSSR count). The van der Waals surface area contributed by atoms with Gasteiger partial charge in [-0.05, 0) is 32.4 Å². The number of hydrogen-bond donors (Lipinski definition) is 1. The van der Waals surface area contributed by atoms with Gasteiger partial charge in [0.2, 0.25) is 5.88 Å². The second-order valence-corrected chi connectivity index (χ2v) is 4.84. The highest BCUT2D eigenvalue weighted by Gasteiger charge is 2.08. The van der Waals surface area contributed by atoms with Gasteiger partial charge in [0.1, 0.15) is 18.2 Å². The molecule has 0 spiro atoms. The zero-order valence-corrected chi connectivity index (χ0v) is 12.9. The Balaban J connectivity index is 2.29. The zero-order valence-electron chi connectivity index (χ0n) is 12.9. The van der Waals surface area contributed by atoms with Crippen LogP contribution in [-0.2, 0) is 11.3 Å². The molecule has 5 nitrogen and oxygen atoms in total. The van der Waals surface area contributed by atoms with Crippen molar-refractivity contribution in [2.24, 2.45) is 0 Å². The molecule has 1 aromatic carbocycles. The van der Waals surface area contributed by atoms with Crippen LogP contribution in [0.15, 0.2) is 24.3 Å². The molecule has 1 aromatic heterocycles. The maximum absolute atomic E-state index is 5.89. The topological polar surface area (TPSA) is 56.3 Å². The minimum absolute atomic E-state index is 0.350. The van der Waals surface area contributed by atoms with E-state index in [2.05, 4.69) is 28.3 Å². The molecule has 112 valence electrons. The number of aryl methyl sites for hydroxylation is 2. The molecule has 0 bridgehead atoms. The Kier molecular flexibility index (Phi) is 5.11. The van der Waals surface area contributed by atoms with E-state index in [0.29, 0.717) is 18.3 Å². The Labute approximate surface area is 125 Å². The van der Waals surface area contributed by atoms with Gasteiger partial charge in [-0.15, -0.1) is 0 Å². The summed E-state index contributed by atoms with van der Waals surface area (Å²) >= 11 is 0. The van der Waals surface area contributed by atoms with Gasteiger partial charge < -0.3 is 14.8 Å². The lowest BCUT2D eigenvalue weighted by atomic mass is 10.1. The smallest absolute Gasteiger partial charge is 0.224 e. The Bertz CT molecular complexity index is 590. The fourth-order valence-electron chi connectivity index (χ4n) is 2.02. The molecule has 21 heavy (non-hydrogen) atoms. The van der Waals surface area contributed by atoms with E-state index in [0.717, 1.165) is 23.7 Å². The van der Waals surface area contributed by atoms with Gasteiger partial charge in [0.05, 0.1) is 0 Å². The molecule has 1 N–H and O–H groups in total. The lowest BCUT2D eigenvalue weighted by Crippen LogP contribution is -2.05. The van der Waals surface area contributed by atoms with E-state index in [9.17, 15) is 0 Å². The summed E-state index contributed by atoms with van der Waals surface area (Å²) in [5.74, 6) is 2.64. The highest BCUT2D eigenvalue weighted by atomic mass is 16.5. The summed E-state index contributed by atoms with van der Waals surface area (Å²) in [6.45, 7) is 7.23. The van der Waals surface area contributed by atoms with Crippen LogP contribution in [0.5, 0.6) is 11.6 Å². The van der Waals surface area contributed by atoms with Gasteiger partial charge >= 0.3 is 0 Å². The van der Waals surface area contributed by atoms with E-state index in [4.69, 9.17) is 9.47 Å². The normalized spacial score (nSPS) is 10.5. The van der Waals surface area contributed by atoms with E-state index in [1.54, 1.807) is 13.2 Å². The quantitative estimate of drug-likeness (QED) is 0.881. The minimum Gasteiger partial charge on any atom is -0.439 e. The summed E-state index contributed by atoms with van der Waals surface area (Å²) in [6.07, 6.45) is 0. The third-order valence-electron chi connectivity index (χ3n) is 2.93. The molecule has 1 heterocycles. The van der Waals surface area contributed by atoms with Crippen LogP contribution in [-0.4, -0.2) is 23.6 Å². The molecular weight excluding hydrogens is 266 g/mol. The van der Waals surface area contributed by atoms with Crippen LogP contribution >= 0.6 is 0 Å². The molecule has 2 aromatic rings. The fraction of sp³-hybridized carbons (Fsp3) is 0.375. The number of rotatable bonds is 6. The molecule has 0 aliphatic heterocycles. The standard InChI is InChI=1S/C16H21N3O2/c1-5-17-14-9-16(19-15(18-14)10-20-4)21-13-7-6-11(2)8-12(13)3/h6-9H,5,10H2,1-4H3,(H,17,18,19). The first kappa shape index (κ1) is 15.3. The number of nitrogens with one attached hydrogen (secondary N) is 1. The van der Waals surface area contributed by atoms with Crippen molar-refractivity contribution in [3.63, 3.8) is 0 Å². The highest BCUT2D eigenvalue weighted by molar-refractivity contribution is 5.42. The zero-order chi connectivity index (χ0) is 15.2. The van der Waals surface area contributed by atoms with Gasteiger partial charge in [0.25, 0.3) is 0 Å². The Morgan fingerprint density at radius 1 is 1.14 bits per heavy atom. The average Bonchev–Trinajstić information content (AvgIpc) is 2.42. The van der Waals surface area contributed by atoms with Crippen LogP contribution < -0.4 is 10.1 Å². The molecule has 0 aliphatic rings. The molecule has 0 unspecified atom stereocenters. The van der Waals surface area contributed by atoms with Crippen LogP contribution in [0.3, 0.4) is 0 Å². The third kappa shape index (κ3) is 4.16. The summed E-state index contributed by atoms with van der Waals surface area (Å²) in [4.78, 5) is 8.73.